The highest BCUT2D eigenvalue weighted by atomic mass is 16.4. The first-order chi connectivity index (χ1) is 7.31. The molecule has 0 amide bonds. The minimum atomic E-state index is 0.00433. The van der Waals surface area contributed by atoms with Crippen molar-refractivity contribution in [1.82, 2.24) is 9.55 Å². The number of hydrogen-bond acceptors (Lipinski definition) is 3. The smallest absolute Gasteiger partial charge is 0.190 e. The van der Waals surface area contributed by atoms with Crippen molar-refractivity contribution < 1.29 is 5.21 Å². The molecule has 1 aromatic heterocycles. The molecule has 0 unspecified atom stereocenters. The Hall–Kier alpha value is -2.30. The molecule has 0 saturated heterocycles. The van der Waals surface area contributed by atoms with E-state index < -0.39 is 0 Å². The van der Waals surface area contributed by atoms with Crippen molar-refractivity contribution in [3.05, 3.63) is 48.5 Å². The van der Waals surface area contributed by atoms with Crippen molar-refractivity contribution in [2.24, 2.45) is 10.9 Å². The fourth-order valence-corrected chi connectivity index (χ4v) is 1.25. The van der Waals surface area contributed by atoms with Gasteiger partial charge in [0.2, 0.25) is 0 Å². The molecule has 3 N–H and O–H groups in total. The van der Waals surface area contributed by atoms with Gasteiger partial charge in [-0.15, -0.1) is 0 Å². The number of nitrogens with two attached hydrogens (primary N) is 1. The predicted molar refractivity (Wildman–Crippen MR) is 56.1 cm³/mol. The molecule has 5 heteroatoms. The van der Waals surface area contributed by atoms with Crippen molar-refractivity contribution >= 4 is 5.84 Å². The van der Waals surface area contributed by atoms with Crippen LogP contribution in [0.3, 0.4) is 0 Å². The maximum absolute atomic E-state index is 8.48. The summed E-state index contributed by atoms with van der Waals surface area (Å²) in [5, 5.41) is 11.4. The summed E-state index contributed by atoms with van der Waals surface area (Å²) in [4.78, 5) is 4.01. The van der Waals surface area contributed by atoms with E-state index in [0.29, 0.717) is 5.69 Å². The number of oxime groups is 1. The lowest BCUT2D eigenvalue weighted by molar-refractivity contribution is 0.318. The van der Waals surface area contributed by atoms with Crippen LogP contribution in [0.15, 0.2) is 48.0 Å². The number of rotatable bonds is 2. The number of para-hydroxylation sites is 1. The third-order valence-electron chi connectivity index (χ3n) is 2.01. The average molecular weight is 202 g/mol. The third kappa shape index (κ3) is 1.80. The van der Waals surface area contributed by atoms with Gasteiger partial charge >= 0.3 is 0 Å². The summed E-state index contributed by atoms with van der Waals surface area (Å²) in [6.45, 7) is 0. The Balaban J connectivity index is 2.36. The van der Waals surface area contributed by atoms with E-state index in [1.54, 1.807) is 17.1 Å². The minimum absolute atomic E-state index is 0.00433. The van der Waals surface area contributed by atoms with Gasteiger partial charge in [-0.2, -0.15) is 0 Å². The molecule has 0 spiro atoms. The number of nitrogens with zero attached hydrogens (tertiary/aromatic N) is 3. The van der Waals surface area contributed by atoms with E-state index in [1.165, 1.54) is 0 Å². The van der Waals surface area contributed by atoms with Crippen molar-refractivity contribution in [1.29, 1.82) is 0 Å². The van der Waals surface area contributed by atoms with Crippen LogP contribution in [0.4, 0.5) is 0 Å². The zero-order valence-electron chi connectivity index (χ0n) is 7.91. The third-order valence-corrected chi connectivity index (χ3v) is 2.01. The highest BCUT2D eigenvalue weighted by molar-refractivity contribution is 5.95. The predicted octanol–water partition coefficient (Wildman–Crippen LogP) is 0.967. The highest BCUT2D eigenvalue weighted by Gasteiger charge is 2.03. The van der Waals surface area contributed by atoms with Crippen LogP contribution in [0.25, 0.3) is 5.69 Å². The quantitative estimate of drug-likeness (QED) is 0.329. The molecule has 5 nitrogen and oxygen atoms in total. The first-order valence-corrected chi connectivity index (χ1v) is 4.38. The molecule has 76 valence electrons. The van der Waals surface area contributed by atoms with Gasteiger partial charge in [0, 0.05) is 11.9 Å². The maximum Gasteiger partial charge on any atom is 0.190 e. The van der Waals surface area contributed by atoms with Gasteiger partial charge in [0.1, 0.15) is 12.0 Å². The van der Waals surface area contributed by atoms with Crippen molar-refractivity contribution in [2.45, 2.75) is 0 Å². The lowest BCUT2D eigenvalue weighted by Crippen LogP contribution is -2.13. The molecule has 1 heterocycles. The van der Waals surface area contributed by atoms with Crippen LogP contribution in [0.1, 0.15) is 5.69 Å². The summed E-state index contributed by atoms with van der Waals surface area (Å²) >= 11 is 0. The summed E-state index contributed by atoms with van der Waals surface area (Å²) in [6, 6.07) is 9.68. The number of amidine groups is 1. The first kappa shape index (κ1) is 9.26. The fraction of sp³-hybridized carbons (Fsp3) is 0. The zero-order valence-corrected chi connectivity index (χ0v) is 7.91. The van der Waals surface area contributed by atoms with Gasteiger partial charge in [0.05, 0.1) is 0 Å². The largest absolute Gasteiger partial charge is 0.409 e. The molecule has 2 aromatic rings. The fourth-order valence-electron chi connectivity index (χ4n) is 1.25. The van der Waals surface area contributed by atoms with Crippen LogP contribution in [0.2, 0.25) is 0 Å². The minimum Gasteiger partial charge on any atom is -0.409 e. The molecule has 0 aliphatic carbocycles. The number of hydrogen-bond donors (Lipinski definition) is 2. The van der Waals surface area contributed by atoms with Crippen LogP contribution in [-0.4, -0.2) is 20.6 Å². The van der Waals surface area contributed by atoms with Gasteiger partial charge in [0.25, 0.3) is 0 Å². The van der Waals surface area contributed by atoms with Gasteiger partial charge < -0.3 is 15.5 Å². The molecule has 0 aliphatic rings. The molecular formula is C10H10N4O. The number of aromatic nitrogens is 2. The SMILES string of the molecule is N/C(=N/O)c1cn(-c2ccccc2)cn1. The van der Waals surface area contributed by atoms with E-state index >= 15 is 0 Å². The molecule has 0 fully saturated rings. The normalized spacial score (nSPS) is 11.6. The molecular weight excluding hydrogens is 192 g/mol. The van der Waals surface area contributed by atoms with Gasteiger partial charge in [-0.1, -0.05) is 23.4 Å². The Morgan fingerprint density at radius 2 is 2.07 bits per heavy atom. The lowest BCUT2D eigenvalue weighted by Gasteiger charge is -1.99. The van der Waals surface area contributed by atoms with Crippen LogP contribution in [0, 0.1) is 0 Å². The Morgan fingerprint density at radius 3 is 2.73 bits per heavy atom. The Morgan fingerprint density at radius 1 is 1.33 bits per heavy atom. The van der Waals surface area contributed by atoms with E-state index in [0.717, 1.165) is 5.69 Å². The van der Waals surface area contributed by atoms with E-state index in [1.807, 2.05) is 30.3 Å². The number of benzene rings is 1. The van der Waals surface area contributed by atoms with E-state index in [4.69, 9.17) is 10.9 Å². The maximum atomic E-state index is 8.48. The van der Waals surface area contributed by atoms with Crippen molar-refractivity contribution in [2.75, 3.05) is 0 Å². The molecule has 0 aliphatic heterocycles. The van der Waals surface area contributed by atoms with Crippen LogP contribution >= 0.6 is 0 Å². The van der Waals surface area contributed by atoms with Gasteiger partial charge in [-0.05, 0) is 12.1 Å². The first-order valence-electron chi connectivity index (χ1n) is 4.38. The Bertz CT molecular complexity index is 475. The van der Waals surface area contributed by atoms with E-state index in [9.17, 15) is 0 Å². The van der Waals surface area contributed by atoms with Crippen LogP contribution < -0.4 is 5.73 Å². The van der Waals surface area contributed by atoms with Gasteiger partial charge in [0.15, 0.2) is 5.84 Å². The summed E-state index contributed by atoms with van der Waals surface area (Å²) in [5.74, 6) is 0.00433. The summed E-state index contributed by atoms with van der Waals surface area (Å²) in [5.41, 5.74) is 6.83. The van der Waals surface area contributed by atoms with Crippen LogP contribution in [0.5, 0.6) is 0 Å². The number of imidazole rings is 1. The molecule has 0 bridgehead atoms. The summed E-state index contributed by atoms with van der Waals surface area (Å²) in [7, 11) is 0. The van der Waals surface area contributed by atoms with E-state index in [-0.39, 0.29) is 5.84 Å². The Kier molecular flexibility index (Phi) is 2.37. The molecule has 15 heavy (non-hydrogen) atoms. The van der Waals surface area contributed by atoms with Crippen LogP contribution in [-0.2, 0) is 0 Å². The van der Waals surface area contributed by atoms with Crippen molar-refractivity contribution in [3.63, 3.8) is 0 Å². The molecule has 0 atom stereocenters. The van der Waals surface area contributed by atoms with Crippen molar-refractivity contribution in [3.8, 4) is 5.69 Å². The summed E-state index contributed by atoms with van der Waals surface area (Å²) in [6.07, 6.45) is 3.31. The zero-order chi connectivity index (χ0) is 10.7. The molecule has 0 saturated carbocycles. The molecule has 0 radical (unpaired) electrons. The lowest BCUT2D eigenvalue weighted by atomic mass is 10.3. The molecule has 1 aromatic carbocycles. The van der Waals surface area contributed by atoms with E-state index in [2.05, 4.69) is 10.1 Å². The highest BCUT2D eigenvalue weighted by Crippen LogP contribution is 2.07. The van der Waals surface area contributed by atoms with Gasteiger partial charge in [-0.3, -0.25) is 0 Å². The topological polar surface area (TPSA) is 76.4 Å². The monoisotopic (exact) mass is 202 g/mol. The standard InChI is InChI=1S/C10H10N4O/c11-10(13-15)9-6-14(7-12-9)8-4-2-1-3-5-8/h1-7,15H,(H2,11,13). The van der Waals surface area contributed by atoms with Gasteiger partial charge in [-0.25, -0.2) is 4.98 Å². The average Bonchev–Trinajstić information content (AvgIpc) is 2.78. The molecule has 2 rings (SSSR count). The second-order valence-corrected chi connectivity index (χ2v) is 2.99. The second-order valence-electron chi connectivity index (χ2n) is 2.99. The second kappa shape index (κ2) is 3.83. The Labute approximate surface area is 86.5 Å². The summed E-state index contributed by atoms with van der Waals surface area (Å²) < 4.78 is 1.80.